The number of ether oxygens (including phenoxy) is 1. The van der Waals surface area contributed by atoms with Gasteiger partial charge >= 0.3 is 0 Å². The smallest absolute Gasteiger partial charge is 0.128 e. The summed E-state index contributed by atoms with van der Waals surface area (Å²) in [6.45, 7) is 2.04. The highest BCUT2D eigenvalue weighted by Crippen LogP contribution is 2.29. The summed E-state index contributed by atoms with van der Waals surface area (Å²) in [4.78, 5) is 0. The van der Waals surface area contributed by atoms with Crippen LogP contribution in [0, 0.1) is 11.3 Å². The van der Waals surface area contributed by atoms with Crippen LogP contribution in [0.25, 0.3) is 0 Å². The van der Waals surface area contributed by atoms with Gasteiger partial charge in [0.2, 0.25) is 0 Å². The van der Waals surface area contributed by atoms with Crippen LogP contribution in [0.5, 0.6) is 11.5 Å². The zero-order chi connectivity index (χ0) is 13.8. The fourth-order valence-electron chi connectivity index (χ4n) is 1.67. The first-order valence-corrected chi connectivity index (χ1v) is 6.97. The molecule has 0 fully saturated rings. The Labute approximate surface area is 125 Å². The highest BCUT2D eigenvalue weighted by molar-refractivity contribution is 9.10. The van der Waals surface area contributed by atoms with Gasteiger partial charge in [-0.2, -0.15) is 5.26 Å². The lowest BCUT2D eigenvalue weighted by atomic mass is 10.1. The SMILES string of the molecule is CCc1cc(Oc2ccc(C#N)c(Br)c2)ccc1Cl. The lowest BCUT2D eigenvalue weighted by Crippen LogP contribution is -1.88. The highest BCUT2D eigenvalue weighted by Gasteiger charge is 2.05. The minimum Gasteiger partial charge on any atom is -0.457 e. The molecule has 2 nitrogen and oxygen atoms in total. The summed E-state index contributed by atoms with van der Waals surface area (Å²) in [6, 6.07) is 12.9. The van der Waals surface area contributed by atoms with Crippen molar-refractivity contribution in [2.75, 3.05) is 0 Å². The van der Waals surface area contributed by atoms with E-state index in [4.69, 9.17) is 21.6 Å². The molecular weight excluding hydrogens is 326 g/mol. The van der Waals surface area contributed by atoms with Gasteiger partial charge in [0.25, 0.3) is 0 Å². The van der Waals surface area contributed by atoms with E-state index in [1.807, 2.05) is 25.1 Å². The molecule has 4 heteroatoms. The van der Waals surface area contributed by atoms with Gasteiger partial charge in [0.05, 0.1) is 5.56 Å². The molecule has 0 N–H and O–H groups in total. The Morgan fingerprint density at radius 2 is 1.89 bits per heavy atom. The zero-order valence-corrected chi connectivity index (χ0v) is 12.6. The highest BCUT2D eigenvalue weighted by atomic mass is 79.9. The van der Waals surface area contributed by atoms with E-state index >= 15 is 0 Å². The van der Waals surface area contributed by atoms with Gasteiger partial charge in [0, 0.05) is 9.50 Å². The molecule has 0 aliphatic rings. The molecule has 0 saturated carbocycles. The van der Waals surface area contributed by atoms with Crippen molar-refractivity contribution in [1.82, 2.24) is 0 Å². The molecule has 0 unspecified atom stereocenters. The van der Waals surface area contributed by atoms with Crippen LogP contribution < -0.4 is 4.74 Å². The Balaban J connectivity index is 2.26. The Hall–Kier alpha value is -1.50. The number of halogens is 2. The van der Waals surface area contributed by atoms with E-state index in [2.05, 4.69) is 22.0 Å². The zero-order valence-electron chi connectivity index (χ0n) is 10.3. The molecule has 2 aromatic carbocycles. The fraction of sp³-hybridized carbons (Fsp3) is 0.133. The van der Waals surface area contributed by atoms with Crippen molar-refractivity contribution in [3.63, 3.8) is 0 Å². The topological polar surface area (TPSA) is 33.0 Å². The van der Waals surface area contributed by atoms with Crippen molar-refractivity contribution < 1.29 is 4.74 Å². The van der Waals surface area contributed by atoms with Crippen LogP contribution in [0.1, 0.15) is 18.1 Å². The fourth-order valence-corrected chi connectivity index (χ4v) is 2.37. The maximum absolute atomic E-state index is 8.86. The summed E-state index contributed by atoms with van der Waals surface area (Å²) >= 11 is 9.40. The Bertz CT molecular complexity index is 640. The normalized spacial score (nSPS) is 10.0. The minimum atomic E-state index is 0.581. The third-order valence-electron chi connectivity index (χ3n) is 2.69. The standard InChI is InChI=1S/C15H11BrClNO/c1-2-10-7-12(5-6-15(10)17)19-13-4-3-11(9-18)14(16)8-13/h3-8H,2H2,1H3. The van der Waals surface area contributed by atoms with E-state index in [0.29, 0.717) is 11.3 Å². The number of hydrogen-bond acceptors (Lipinski definition) is 2. The van der Waals surface area contributed by atoms with Gasteiger partial charge < -0.3 is 4.74 Å². The average Bonchev–Trinajstić information content (AvgIpc) is 2.41. The first-order chi connectivity index (χ1) is 9.13. The summed E-state index contributed by atoms with van der Waals surface area (Å²) in [7, 11) is 0. The van der Waals surface area contributed by atoms with Crippen LogP contribution in [0.4, 0.5) is 0 Å². The van der Waals surface area contributed by atoms with Gasteiger partial charge in [-0.3, -0.25) is 0 Å². The molecule has 2 aromatic rings. The number of benzene rings is 2. The molecule has 0 radical (unpaired) electrons. The van der Waals surface area contributed by atoms with Crippen molar-refractivity contribution in [2.24, 2.45) is 0 Å². The molecular formula is C15H11BrClNO. The van der Waals surface area contributed by atoms with Crippen LogP contribution in [0.2, 0.25) is 5.02 Å². The lowest BCUT2D eigenvalue weighted by Gasteiger charge is -2.09. The average molecular weight is 337 g/mol. The summed E-state index contributed by atoms with van der Waals surface area (Å²) < 4.78 is 6.48. The van der Waals surface area contributed by atoms with E-state index in [9.17, 15) is 0 Å². The first-order valence-electron chi connectivity index (χ1n) is 5.80. The third kappa shape index (κ3) is 3.28. The quantitative estimate of drug-likeness (QED) is 0.759. The van der Waals surface area contributed by atoms with Crippen molar-refractivity contribution in [2.45, 2.75) is 13.3 Å². The maximum atomic E-state index is 8.86. The summed E-state index contributed by atoms with van der Waals surface area (Å²) in [5.74, 6) is 1.41. The predicted octanol–water partition coefficient (Wildman–Crippen LogP) is 5.33. The van der Waals surface area contributed by atoms with Crippen LogP contribution in [-0.4, -0.2) is 0 Å². The number of aryl methyl sites for hydroxylation is 1. The van der Waals surface area contributed by atoms with Gasteiger partial charge in [-0.25, -0.2) is 0 Å². The molecule has 0 heterocycles. The van der Waals surface area contributed by atoms with E-state index < -0.39 is 0 Å². The molecule has 0 atom stereocenters. The number of hydrogen-bond donors (Lipinski definition) is 0. The van der Waals surface area contributed by atoms with Crippen LogP contribution in [0.3, 0.4) is 0 Å². The Kier molecular flexibility index (Phi) is 4.47. The summed E-state index contributed by atoms with van der Waals surface area (Å²) in [5, 5.41) is 9.61. The Morgan fingerprint density at radius 1 is 1.21 bits per heavy atom. The van der Waals surface area contributed by atoms with Crippen molar-refractivity contribution >= 4 is 27.5 Å². The third-order valence-corrected chi connectivity index (χ3v) is 3.72. The van der Waals surface area contributed by atoms with Crippen LogP contribution >= 0.6 is 27.5 Å². The van der Waals surface area contributed by atoms with Gasteiger partial charge in [-0.05, 0) is 64.3 Å². The van der Waals surface area contributed by atoms with E-state index in [1.165, 1.54) is 0 Å². The molecule has 0 amide bonds. The second-order valence-corrected chi connectivity index (χ2v) is 5.22. The molecule has 0 spiro atoms. The van der Waals surface area contributed by atoms with Crippen LogP contribution in [-0.2, 0) is 6.42 Å². The van der Waals surface area contributed by atoms with Crippen molar-refractivity contribution in [3.05, 3.63) is 57.0 Å². The second kappa shape index (κ2) is 6.10. The molecule has 0 aliphatic carbocycles. The minimum absolute atomic E-state index is 0.581. The summed E-state index contributed by atoms with van der Waals surface area (Å²) in [6.07, 6.45) is 0.854. The van der Waals surface area contributed by atoms with Crippen LogP contribution in [0.15, 0.2) is 40.9 Å². The van der Waals surface area contributed by atoms with Gasteiger partial charge in [-0.1, -0.05) is 18.5 Å². The lowest BCUT2D eigenvalue weighted by molar-refractivity contribution is 0.481. The summed E-state index contributed by atoms with van der Waals surface area (Å²) in [5.41, 5.74) is 1.63. The van der Waals surface area contributed by atoms with Gasteiger partial charge in [0.1, 0.15) is 17.6 Å². The molecule has 0 bridgehead atoms. The van der Waals surface area contributed by atoms with Gasteiger partial charge in [-0.15, -0.1) is 0 Å². The monoisotopic (exact) mass is 335 g/mol. The number of rotatable bonds is 3. The molecule has 2 rings (SSSR count). The van der Waals surface area contributed by atoms with E-state index in [-0.39, 0.29) is 0 Å². The molecule has 0 saturated heterocycles. The molecule has 0 aromatic heterocycles. The largest absolute Gasteiger partial charge is 0.457 e. The van der Waals surface area contributed by atoms with Gasteiger partial charge in [0.15, 0.2) is 0 Å². The Morgan fingerprint density at radius 3 is 2.53 bits per heavy atom. The van der Waals surface area contributed by atoms with Crippen molar-refractivity contribution in [1.29, 1.82) is 5.26 Å². The maximum Gasteiger partial charge on any atom is 0.128 e. The second-order valence-electron chi connectivity index (χ2n) is 3.96. The number of nitriles is 1. The predicted molar refractivity (Wildman–Crippen MR) is 79.8 cm³/mol. The molecule has 96 valence electrons. The molecule has 19 heavy (non-hydrogen) atoms. The number of nitrogens with zero attached hydrogens (tertiary/aromatic N) is 1. The first kappa shape index (κ1) is 13.9. The molecule has 0 aliphatic heterocycles. The van der Waals surface area contributed by atoms with E-state index in [0.717, 1.165) is 27.2 Å². The van der Waals surface area contributed by atoms with E-state index in [1.54, 1.807) is 18.2 Å². The van der Waals surface area contributed by atoms with Crippen molar-refractivity contribution in [3.8, 4) is 17.6 Å².